The standard InChI is InChI=1S/C72H54N2/c1-9-25-51(26-10-1)71(52-27-11-2-12-28-52)65-47-48-66-70-64(46-45-63(69(65)70)61-43-41-59(49-67(61)71)73(55-33-17-5-18-34-55)56-35-19-6-20-36-56)62-44-42-60(74(57-37-21-7-22-38-57)58-39-23-8-24-40-58)50-68(62)72(66,53-29-13-3-14-30-53)54-31-15-4-16-32-54/h1-15,17-27,29-31,33-50,52H,16,28,32H2. The van der Waals surface area contributed by atoms with Gasteiger partial charge in [0.15, 0.2) is 0 Å². The van der Waals surface area contributed by atoms with Crippen molar-refractivity contribution in [1.29, 1.82) is 0 Å². The van der Waals surface area contributed by atoms with Gasteiger partial charge in [-0.3, -0.25) is 0 Å². The summed E-state index contributed by atoms with van der Waals surface area (Å²) in [4.78, 5) is 4.84. The van der Waals surface area contributed by atoms with Crippen molar-refractivity contribution in [2.24, 2.45) is 5.92 Å². The van der Waals surface area contributed by atoms with E-state index in [9.17, 15) is 0 Å². The van der Waals surface area contributed by atoms with Gasteiger partial charge in [-0.05, 0) is 164 Å². The predicted molar refractivity (Wildman–Crippen MR) is 310 cm³/mol. The Hall–Kier alpha value is -8.98. The van der Waals surface area contributed by atoms with Gasteiger partial charge in [0.2, 0.25) is 0 Å². The summed E-state index contributed by atoms with van der Waals surface area (Å²) < 4.78 is 0. The summed E-state index contributed by atoms with van der Waals surface area (Å²) in [7, 11) is 0. The minimum atomic E-state index is -0.612. The van der Waals surface area contributed by atoms with Crippen molar-refractivity contribution in [2.75, 3.05) is 9.80 Å². The molecule has 2 nitrogen and oxygen atoms in total. The fraction of sp³-hybridized carbons (Fsp3) is 0.0833. The van der Waals surface area contributed by atoms with Crippen LogP contribution >= 0.6 is 0 Å². The van der Waals surface area contributed by atoms with Crippen molar-refractivity contribution in [3.05, 3.63) is 324 Å². The molecule has 14 rings (SSSR count). The zero-order valence-corrected chi connectivity index (χ0v) is 41.2. The molecule has 4 aliphatic carbocycles. The SMILES string of the molecule is C1=CCCC(C2(c3ccccc3)c3cc(N(c4ccccc4)c4ccccc4)ccc3-c3ccc4c5c(ccc2c35)C(c2ccccc2)(C2C=CC=CC2)c2cc(N(c3ccccc3)c3ccccc3)ccc2-4)=C1. The summed E-state index contributed by atoms with van der Waals surface area (Å²) in [5.74, 6) is 0.126. The lowest BCUT2D eigenvalue weighted by molar-refractivity contribution is 0.450. The Labute approximate surface area is 434 Å². The molecule has 352 valence electrons. The van der Waals surface area contributed by atoms with Crippen LogP contribution in [0.5, 0.6) is 0 Å². The van der Waals surface area contributed by atoms with E-state index in [1.54, 1.807) is 0 Å². The second-order valence-electron chi connectivity index (χ2n) is 20.1. The van der Waals surface area contributed by atoms with E-state index in [0.717, 1.165) is 53.4 Å². The average Bonchev–Trinajstić information content (AvgIpc) is 3.53. The molecule has 3 atom stereocenters. The van der Waals surface area contributed by atoms with Crippen molar-refractivity contribution < 1.29 is 0 Å². The van der Waals surface area contributed by atoms with E-state index < -0.39 is 10.8 Å². The third kappa shape index (κ3) is 6.64. The highest BCUT2D eigenvalue weighted by Crippen LogP contribution is 2.64. The molecule has 10 aromatic carbocycles. The first-order chi connectivity index (χ1) is 36.7. The van der Waals surface area contributed by atoms with Crippen LogP contribution in [0.25, 0.3) is 33.0 Å². The lowest BCUT2D eigenvalue weighted by Gasteiger charge is -2.49. The largest absolute Gasteiger partial charge is 0.310 e. The fourth-order valence-corrected chi connectivity index (χ4v) is 13.5. The van der Waals surface area contributed by atoms with Gasteiger partial charge < -0.3 is 9.80 Å². The molecule has 0 fully saturated rings. The van der Waals surface area contributed by atoms with Gasteiger partial charge in [0.25, 0.3) is 0 Å². The molecule has 0 saturated carbocycles. The summed E-state index contributed by atoms with van der Waals surface area (Å²) in [6.45, 7) is 0. The molecule has 3 unspecified atom stereocenters. The Morgan fingerprint density at radius 1 is 0.351 bits per heavy atom. The lowest BCUT2D eigenvalue weighted by atomic mass is 9.53. The van der Waals surface area contributed by atoms with E-state index in [1.165, 1.54) is 72.0 Å². The van der Waals surface area contributed by atoms with Gasteiger partial charge in [-0.25, -0.2) is 0 Å². The van der Waals surface area contributed by atoms with Gasteiger partial charge in [0.05, 0.1) is 10.8 Å². The van der Waals surface area contributed by atoms with E-state index in [4.69, 9.17) is 0 Å². The molecule has 0 aliphatic heterocycles. The van der Waals surface area contributed by atoms with Crippen molar-refractivity contribution in [3.8, 4) is 22.3 Å². The van der Waals surface area contributed by atoms with Crippen LogP contribution in [-0.2, 0) is 10.8 Å². The van der Waals surface area contributed by atoms with Crippen LogP contribution in [0.1, 0.15) is 52.6 Å². The van der Waals surface area contributed by atoms with Gasteiger partial charge in [-0.2, -0.15) is 0 Å². The zero-order valence-electron chi connectivity index (χ0n) is 41.2. The van der Waals surface area contributed by atoms with Gasteiger partial charge in [-0.15, -0.1) is 0 Å². The maximum Gasteiger partial charge on any atom is 0.0677 e. The fourth-order valence-electron chi connectivity index (χ4n) is 13.5. The monoisotopic (exact) mass is 946 g/mol. The number of allylic oxidation sites excluding steroid dienone is 8. The van der Waals surface area contributed by atoms with E-state index in [1.807, 2.05) is 0 Å². The summed E-state index contributed by atoms with van der Waals surface area (Å²) >= 11 is 0. The quantitative estimate of drug-likeness (QED) is 0.135. The van der Waals surface area contributed by atoms with Crippen LogP contribution in [0.15, 0.2) is 291 Å². The molecule has 0 N–H and O–H groups in total. The molecular formula is C72H54N2. The number of nitrogens with zero attached hydrogens (tertiary/aromatic N) is 2. The highest BCUT2D eigenvalue weighted by Gasteiger charge is 2.51. The van der Waals surface area contributed by atoms with Crippen LogP contribution < -0.4 is 9.80 Å². The number of rotatable bonds is 10. The Morgan fingerprint density at radius 3 is 1.31 bits per heavy atom. The third-order valence-electron chi connectivity index (χ3n) is 16.4. The zero-order chi connectivity index (χ0) is 49.1. The minimum Gasteiger partial charge on any atom is -0.310 e. The summed E-state index contributed by atoms with van der Waals surface area (Å²) in [6.07, 6.45) is 19.3. The molecule has 0 aromatic heterocycles. The Kier molecular flexibility index (Phi) is 10.6. The molecule has 0 saturated heterocycles. The molecule has 4 aliphatic rings. The normalized spacial score (nSPS) is 18.8. The maximum absolute atomic E-state index is 2.57. The van der Waals surface area contributed by atoms with E-state index in [-0.39, 0.29) is 5.92 Å². The summed E-state index contributed by atoms with van der Waals surface area (Å²) in [6, 6.07) is 90.9. The number of anilines is 6. The molecule has 74 heavy (non-hydrogen) atoms. The van der Waals surface area contributed by atoms with Gasteiger partial charge in [0.1, 0.15) is 0 Å². The molecule has 0 spiro atoms. The number of para-hydroxylation sites is 4. The molecule has 2 heteroatoms. The molecule has 0 heterocycles. The van der Waals surface area contributed by atoms with Crippen LogP contribution in [0, 0.1) is 5.92 Å². The molecular weight excluding hydrogens is 893 g/mol. The Bertz CT molecular complexity index is 3780. The smallest absolute Gasteiger partial charge is 0.0677 e. The highest BCUT2D eigenvalue weighted by atomic mass is 15.1. The number of hydrogen-bond acceptors (Lipinski definition) is 2. The topological polar surface area (TPSA) is 6.48 Å². The Balaban J connectivity index is 1.11. The van der Waals surface area contributed by atoms with E-state index >= 15 is 0 Å². The maximum atomic E-state index is 2.57. The second-order valence-corrected chi connectivity index (χ2v) is 20.1. The first-order valence-corrected chi connectivity index (χ1v) is 26.3. The van der Waals surface area contributed by atoms with Crippen LogP contribution in [-0.4, -0.2) is 0 Å². The molecule has 0 amide bonds. The lowest BCUT2D eigenvalue weighted by Crippen LogP contribution is -2.41. The molecule has 10 aromatic rings. The first-order valence-electron chi connectivity index (χ1n) is 26.3. The highest BCUT2D eigenvalue weighted by molar-refractivity contribution is 6.14. The first kappa shape index (κ1) is 43.8. The van der Waals surface area contributed by atoms with Crippen molar-refractivity contribution in [2.45, 2.75) is 30.1 Å². The van der Waals surface area contributed by atoms with Crippen molar-refractivity contribution in [3.63, 3.8) is 0 Å². The minimum absolute atomic E-state index is 0.126. The average molecular weight is 947 g/mol. The van der Waals surface area contributed by atoms with Crippen molar-refractivity contribution in [1.82, 2.24) is 0 Å². The van der Waals surface area contributed by atoms with Crippen LogP contribution in [0.3, 0.4) is 0 Å². The third-order valence-corrected chi connectivity index (χ3v) is 16.4. The van der Waals surface area contributed by atoms with Gasteiger partial charge in [-0.1, -0.05) is 218 Å². The van der Waals surface area contributed by atoms with Crippen molar-refractivity contribution >= 4 is 44.9 Å². The summed E-state index contributed by atoms with van der Waals surface area (Å²) in [5.41, 5.74) is 20.1. The van der Waals surface area contributed by atoms with Crippen LogP contribution in [0.4, 0.5) is 34.1 Å². The van der Waals surface area contributed by atoms with E-state index in [0.29, 0.717) is 0 Å². The number of hydrogen-bond donors (Lipinski definition) is 0. The summed E-state index contributed by atoms with van der Waals surface area (Å²) in [5, 5.41) is 2.70. The number of fused-ring (bicyclic) bond motifs is 4. The van der Waals surface area contributed by atoms with Gasteiger partial charge >= 0.3 is 0 Å². The second kappa shape index (κ2) is 17.9. The van der Waals surface area contributed by atoms with Crippen LogP contribution in [0.2, 0.25) is 0 Å². The Morgan fingerprint density at radius 2 is 0.811 bits per heavy atom. The molecule has 0 bridgehead atoms. The predicted octanol–water partition coefficient (Wildman–Crippen LogP) is 18.8. The number of benzene rings is 10. The molecule has 0 radical (unpaired) electrons. The van der Waals surface area contributed by atoms with E-state index in [2.05, 4.69) is 295 Å². The van der Waals surface area contributed by atoms with Gasteiger partial charge in [0, 0.05) is 34.1 Å².